The van der Waals surface area contributed by atoms with E-state index in [0.717, 1.165) is 65.4 Å². The van der Waals surface area contributed by atoms with Crippen LogP contribution in [0.5, 0.6) is 0 Å². The lowest BCUT2D eigenvalue weighted by atomic mass is 10.0. The van der Waals surface area contributed by atoms with Gasteiger partial charge in [0.15, 0.2) is 5.65 Å². The Morgan fingerprint density at radius 1 is 1.29 bits per heavy atom. The Balaban J connectivity index is 1.66. The summed E-state index contributed by atoms with van der Waals surface area (Å²) in [5.41, 5.74) is 5.16. The molecule has 1 unspecified atom stereocenters. The van der Waals surface area contributed by atoms with Gasteiger partial charge in [-0.3, -0.25) is 4.79 Å². The van der Waals surface area contributed by atoms with Gasteiger partial charge in [0.1, 0.15) is 5.03 Å². The van der Waals surface area contributed by atoms with E-state index < -0.39 is 0 Å². The Kier molecular flexibility index (Phi) is 7.78. The summed E-state index contributed by atoms with van der Waals surface area (Å²) in [7, 11) is 0. The topological polar surface area (TPSA) is 91.5 Å². The van der Waals surface area contributed by atoms with Gasteiger partial charge < -0.3 is 15.7 Å². The normalized spacial score (nSPS) is 14.5. The van der Waals surface area contributed by atoms with Gasteiger partial charge in [0, 0.05) is 29.5 Å². The number of carbonyl (C=O) groups excluding carboxylic acids is 1. The molecule has 1 atom stereocenters. The molecule has 1 saturated carbocycles. The van der Waals surface area contributed by atoms with Crippen molar-refractivity contribution in [1.82, 2.24) is 19.9 Å². The highest BCUT2D eigenvalue weighted by Gasteiger charge is 2.24. The summed E-state index contributed by atoms with van der Waals surface area (Å²) in [4.78, 5) is 17.2. The molecule has 1 fully saturated rings. The zero-order valence-corrected chi connectivity index (χ0v) is 21.3. The predicted octanol–water partition coefficient (Wildman–Crippen LogP) is 4.92. The molecule has 0 aliphatic heterocycles. The van der Waals surface area contributed by atoms with Crippen molar-refractivity contribution < 1.29 is 9.90 Å². The number of hydrogen-bond donors (Lipinski definition) is 3. The minimum Gasteiger partial charge on any atom is -0.392 e. The first-order valence-corrected chi connectivity index (χ1v) is 13.2. The molecular weight excluding hydrogens is 446 g/mol. The third-order valence-electron chi connectivity index (χ3n) is 5.87. The zero-order chi connectivity index (χ0) is 24.2. The second-order valence-electron chi connectivity index (χ2n) is 9.58. The summed E-state index contributed by atoms with van der Waals surface area (Å²) in [6.45, 7) is 9.21. The van der Waals surface area contributed by atoms with E-state index in [2.05, 4.69) is 36.4 Å². The lowest BCUT2D eigenvalue weighted by Gasteiger charge is -2.14. The molecule has 3 aromatic rings. The molecule has 34 heavy (non-hydrogen) atoms. The minimum atomic E-state index is -0.348. The van der Waals surface area contributed by atoms with E-state index >= 15 is 0 Å². The molecule has 2 aromatic heterocycles. The van der Waals surface area contributed by atoms with Crippen LogP contribution in [-0.4, -0.2) is 50.1 Å². The molecule has 1 aliphatic rings. The van der Waals surface area contributed by atoms with Crippen LogP contribution < -0.4 is 10.6 Å². The molecule has 3 N–H and O–H groups in total. The van der Waals surface area contributed by atoms with Crippen LogP contribution in [0, 0.1) is 12.8 Å². The quantitative estimate of drug-likeness (QED) is 0.337. The number of nitrogens with zero attached hydrogens (tertiary/aromatic N) is 3. The van der Waals surface area contributed by atoms with E-state index in [0.29, 0.717) is 23.3 Å². The lowest BCUT2D eigenvalue weighted by Crippen LogP contribution is -2.26. The zero-order valence-electron chi connectivity index (χ0n) is 20.5. The van der Waals surface area contributed by atoms with E-state index in [1.807, 2.05) is 41.9 Å². The van der Waals surface area contributed by atoms with Crippen molar-refractivity contribution in [2.75, 3.05) is 17.6 Å². The number of nitrogens with one attached hydrogen (secondary N) is 2. The number of thioether (sulfide) groups is 1. The smallest absolute Gasteiger partial charge is 0.251 e. The standard InChI is InChI=1S/C26H35N5O2S/c1-5-6-20(32)15-34-24-12-22(27-13-16(2)3)25-28-14-23(31(25)30-24)18-7-10-21(17(4)11-18)26(33)29-19-8-9-19/h7,10-12,14,16,19-20,27,32H,5-6,8-9,13,15H2,1-4H3,(H,29,33). The van der Waals surface area contributed by atoms with E-state index in [1.165, 1.54) is 0 Å². The first-order valence-electron chi connectivity index (χ1n) is 12.2. The monoisotopic (exact) mass is 481 g/mol. The summed E-state index contributed by atoms with van der Waals surface area (Å²) < 4.78 is 1.87. The summed E-state index contributed by atoms with van der Waals surface area (Å²) in [5.74, 6) is 1.08. The van der Waals surface area contributed by atoms with Crippen molar-refractivity contribution in [2.45, 2.75) is 70.6 Å². The van der Waals surface area contributed by atoms with Crippen molar-refractivity contribution >= 4 is 29.0 Å². The molecule has 0 bridgehead atoms. The Hall–Kier alpha value is -2.58. The number of amides is 1. The summed E-state index contributed by atoms with van der Waals surface area (Å²) in [6.07, 6.45) is 5.36. The molecule has 182 valence electrons. The first-order chi connectivity index (χ1) is 16.4. The molecule has 4 rings (SSSR count). The Labute approximate surface area is 205 Å². The van der Waals surface area contributed by atoms with Gasteiger partial charge in [-0.2, -0.15) is 5.10 Å². The van der Waals surface area contributed by atoms with Crippen molar-refractivity contribution in [3.8, 4) is 11.3 Å². The number of aryl methyl sites for hydroxylation is 1. The summed E-state index contributed by atoms with van der Waals surface area (Å²) >= 11 is 1.56. The number of imidazole rings is 1. The number of carbonyl (C=O) groups is 1. The highest BCUT2D eigenvalue weighted by Crippen LogP contribution is 2.29. The van der Waals surface area contributed by atoms with Crippen LogP contribution in [0.2, 0.25) is 0 Å². The maximum absolute atomic E-state index is 12.5. The molecule has 0 spiro atoms. The average molecular weight is 482 g/mol. The Morgan fingerprint density at radius 2 is 2.09 bits per heavy atom. The number of aromatic nitrogens is 3. The van der Waals surface area contributed by atoms with Crippen LogP contribution in [0.3, 0.4) is 0 Å². The maximum Gasteiger partial charge on any atom is 0.251 e. The van der Waals surface area contributed by atoms with Crippen molar-refractivity contribution in [1.29, 1.82) is 0 Å². The third kappa shape index (κ3) is 5.91. The molecule has 1 aliphatic carbocycles. The van der Waals surface area contributed by atoms with Crippen LogP contribution in [-0.2, 0) is 0 Å². The van der Waals surface area contributed by atoms with Gasteiger partial charge in [0.2, 0.25) is 0 Å². The van der Waals surface area contributed by atoms with Crippen LogP contribution in [0.4, 0.5) is 5.69 Å². The lowest BCUT2D eigenvalue weighted by molar-refractivity contribution is 0.0950. The highest BCUT2D eigenvalue weighted by molar-refractivity contribution is 7.99. The number of aliphatic hydroxyl groups excluding tert-OH is 1. The van der Waals surface area contributed by atoms with Crippen LogP contribution in [0.25, 0.3) is 16.9 Å². The van der Waals surface area contributed by atoms with E-state index in [1.54, 1.807) is 11.8 Å². The largest absolute Gasteiger partial charge is 0.392 e. The SMILES string of the molecule is CCCC(O)CSc1cc(NCC(C)C)c2ncc(-c3ccc(C(=O)NC4CC4)c(C)c3)n2n1. The molecular formula is C26H35N5O2S. The predicted molar refractivity (Wildman–Crippen MR) is 139 cm³/mol. The van der Waals surface area contributed by atoms with Crippen molar-refractivity contribution in [3.63, 3.8) is 0 Å². The molecule has 7 nitrogen and oxygen atoms in total. The van der Waals surface area contributed by atoms with Crippen molar-refractivity contribution in [2.24, 2.45) is 5.92 Å². The number of aliphatic hydroxyl groups is 1. The van der Waals surface area contributed by atoms with Crippen molar-refractivity contribution in [3.05, 3.63) is 41.6 Å². The van der Waals surface area contributed by atoms with Gasteiger partial charge in [0.25, 0.3) is 5.91 Å². The Bertz CT molecular complexity index is 1160. The van der Waals surface area contributed by atoms with Gasteiger partial charge in [-0.15, -0.1) is 11.8 Å². The Morgan fingerprint density at radius 3 is 2.76 bits per heavy atom. The summed E-state index contributed by atoms with van der Waals surface area (Å²) in [6, 6.07) is 8.23. The second kappa shape index (κ2) is 10.8. The van der Waals surface area contributed by atoms with Crippen LogP contribution >= 0.6 is 11.8 Å². The van der Waals surface area contributed by atoms with E-state index in [9.17, 15) is 9.90 Å². The number of hydrogen-bond acceptors (Lipinski definition) is 6. The minimum absolute atomic E-state index is 0.00712. The van der Waals surface area contributed by atoms with Gasteiger partial charge in [-0.05, 0) is 55.9 Å². The fourth-order valence-corrected chi connectivity index (χ4v) is 4.69. The molecule has 1 aromatic carbocycles. The molecule has 2 heterocycles. The number of benzene rings is 1. The summed E-state index contributed by atoms with van der Waals surface area (Å²) in [5, 5.41) is 22.5. The van der Waals surface area contributed by atoms with Gasteiger partial charge in [-0.1, -0.05) is 33.3 Å². The van der Waals surface area contributed by atoms with Gasteiger partial charge in [0.05, 0.1) is 23.7 Å². The van der Waals surface area contributed by atoms with Crippen LogP contribution in [0.15, 0.2) is 35.5 Å². The number of fused-ring (bicyclic) bond motifs is 1. The fourth-order valence-electron chi connectivity index (χ4n) is 3.82. The van der Waals surface area contributed by atoms with Crippen LogP contribution in [0.1, 0.15) is 62.4 Å². The molecule has 1 amide bonds. The molecule has 8 heteroatoms. The molecule has 0 saturated heterocycles. The van der Waals surface area contributed by atoms with Gasteiger partial charge in [-0.25, -0.2) is 9.50 Å². The van der Waals surface area contributed by atoms with Gasteiger partial charge >= 0.3 is 0 Å². The number of anilines is 1. The molecule has 0 radical (unpaired) electrons. The van der Waals surface area contributed by atoms with E-state index in [4.69, 9.17) is 5.10 Å². The second-order valence-corrected chi connectivity index (χ2v) is 10.6. The van der Waals surface area contributed by atoms with E-state index in [-0.39, 0.29) is 12.0 Å². The fraction of sp³-hybridized carbons (Fsp3) is 0.500. The third-order valence-corrected chi connectivity index (χ3v) is 6.92. The average Bonchev–Trinajstić information content (AvgIpc) is 3.51. The first kappa shape index (κ1) is 24.5. The highest BCUT2D eigenvalue weighted by atomic mass is 32.2. The number of rotatable bonds is 11. The maximum atomic E-state index is 12.5.